The fourth-order valence-corrected chi connectivity index (χ4v) is 6.60. The van der Waals surface area contributed by atoms with Crippen LogP contribution in [0.25, 0.3) is 11.1 Å². The molecule has 0 radical (unpaired) electrons. The number of halogens is 10. The maximum Gasteiger partial charge on any atom is 0.573 e. The Labute approximate surface area is 264 Å². The van der Waals surface area contributed by atoms with Crippen LogP contribution in [0.1, 0.15) is 69.4 Å². The van der Waals surface area contributed by atoms with Crippen molar-refractivity contribution < 1.29 is 58.1 Å². The van der Waals surface area contributed by atoms with Gasteiger partial charge < -0.3 is 14.2 Å². The molecule has 256 valence electrons. The van der Waals surface area contributed by atoms with Gasteiger partial charge in [-0.3, -0.25) is 0 Å². The second kappa shape index (κ2) is 13.8. The van der Waals surface area contributed by atoms with E-state index in [9.17, 15) is 39.5 Å². The lowest BCUT2D eigenvalue weighted by molar-refractivity contribution is -0.276. The van der Waals surface area contributed by atoms with E-state index in [0.29, 0.717) is 42.4 Å². The predicted molar refractivity (Wildman–Crippen MR) is 152 cm³/mol. The summed E-state index contributed by atoms with van der Waals surface area (Å²) in [7, 11) is 0. The van der Waals surface area contributed by atoms with E-state index in [1.165, 1.54) is 37.8 Å². The van der Waals surface area contributed by atoms with Crippen LogP contribution < -0.4 is 14.2 Å². The Morgan fingerprint density at radius 3 is 1.96 bits per heavy atom. The summed E-state index contributed by atoms with van der Waals surface area (Å²) in [6.07, 6.45) is -0.491. The minimum absolute atomic E-state index is 0.0745. The van der Waals surface area contributed by atoms with E-state index in [2.05, 4.69) is 16.4 Å². The van der Waals surface area contributed by atoms with Crippen LogP contribution in [-0.4, -0.2) is 13.0 Å². The molecule has 1 aliphatic carbocycles. The average molecular weight is 679 g/mol. The Morgan fingerprint density at radius 1 is 0.723 bits per heavy atom. The third-order valence-electron chi connectivity index (χ3n) is 8.94. The van der Waals surface area contributed by atoms with Gasteiger partial charge in [-0.15, -0.1) is 13.2 Å². The van der Waals surface area contributed by atoms with E-state index in [-0.39, 0.29) is 23.6 Å². The standard InChI is InChI=1S/C34H32F10O3/c1-2-3-4-5-18-6-8-19(9-7-18)22-10-21-13-25(35)24(16-30(21)45-17-22)20-11-26(36)31(27(37)12-20)33(40,41)46-23-14-28(38)32(29(39)15-23)47-34(42,43)44/h11-16,18-19,22H,2-10,17H2,1H3/t18?,19?,22-/m0/s1. The van der Waals surface area contributed by atoms with Crippen LogP contribution in [-0.2, 0) is 12.5 Å². The first kappa shape index (κ1) is 34.7. The maximum atomic E-state index is 15.3. The second-order valence-corrected chi connectivity index (χ2v) is 12.2. The largest absolute Gasteiger partial charge is 0.573 e. The number of ether oxygens (including phenoxy) is 3. The fraction of sp³-hybridized carbons (Fsp3) is 0.471. The molecule has 13 heteroatoms. The summed E-state index contributed by atoms with van der Waals surface area (Å²) in [5, 5.41) is 0. The Balaban J connectivity index is 1.30. The van der Waals surface area contributed by atoms with Gasteiger partial charge in [0.25, 0.3) is 0 Å². The lowest BCUT2D eigenvalue weighted by Crippen LogP contribution is -2.31. The highest BCUT2D eigenvalue weighted by Crippen LogP contribution is 2.43. The van der Waals surface area contributed by atoms with Gasteiger partial charge in [-0.1, -0.05) is 45.4 Å². The summed E-state index contributed by atoms with van der Waals surface area (Å²) in [5.41, 5.74) is -2.13. The molecule has 1 aliphatic heterocycles. The van der Waals surface area contributed by atoms with Crippen molar-refractivity contribution in [3.8, 4) is 28.4 Å². The monoisotopic (exact) mass is 678 g/mol. The smallest absolute Gasteiger partial charge is 0.493 e. The Morgan fingerprint density at radius 2 is 1.36 bits per heavy atom. The summed E-state index contributed by atoms with van der Waals surface area (Å²) in [6, 6.07) is 3.19. The molecule has 1 heterocycles. The topological polar surface area (TPSA) is 27.7 Å². The van der Waals surface area contributed by atoms with Crippen LogP contribution in [0, 0.1) is 46.8 Å². The molecular formula is C34H32F10O3. The van der Waals surface area contributed by atoms with Crippen LogP contribution in [0.4, 0.5) is 43.9 Å². The van der Waals surface area contributed by atoms with Crippen molar-refractivity contribution in [2.75, 3.05) is 6.61 Å². The van der Waals surface area contributed by atoms with E-state index in [1.807, 2.05) is 0 Å². The fourth-order valence-electron chi connectivity index (χ4n) is 6.60. The molecule has 0 amide bonds. The highest BCUT2D eigenvalue weighted by molar-refractivity contribution is 5.68. The highest BCUT2D eigenvalue weighted by Gasteiger charge is 2.42. The molecule has 1 saturated carbocycles. The van der Waals surface area contributed by atoms with Crippen molar-refractivity contribution in [1.29, 1.82) is 0 Å². The molecule has 0 aromatic heterocycles. The van der Waals surface area contributed by atoms with Gasteiger partial charge in [0.2, 0.25) is 5.75 Å². The molecule has 5 rings (SSSR count). The molecule has 0 bridgehead atoms. The third kappa shape index (κ3) is 8.09. The quantitative estimate of drug-likeness (QED) is 0.158. The summed E-state index contributed by atoms with van der Waals surface area (Å²) in [6.45, 7) is 2.57. The lowest BCUT2D eigenvalue weighted by Gasteiger charge is -2.36. The van der Waals surface area contributed by atoms with Crippen molar-refractivity contribution in [2.24, 2.45) is 17.8 Å². The molecule has 0 spiro atoms. The molecule has 47 heavy (non-hydrogen) atoms. The van der Waals surface area contributed by atoms with E-state index in [4.69, 9.17) is 4.74 Å². The lowest BCUT2D eigenvalue weighted by atomic mass is 9.72. The number of fused-ring (bicyclic) bond motifs is 1. The number of hydrogen-bond acceptors (Lipinski definition) is 3. The van der Waals surface area contributed by atoms with E-state index >= 15 is 4.39 Å². The number of unbranched alkanes of at least 4 members (excludes halogenated alkanes) is 2. The summed E-state index contributed by atoms with van der Waals surface area (Å²) >= 11 is 0. The highest BCUT2D eigenvalue weighted by atomic mass is 19.4. The van der Waals surface area contributed by atoms with Crippen molar-refractivity contribution >= 4 is 0 Å². The van der Waals surface area contributed by atoms with Crippen LogP contribution >= 0.6 is 0 Å². The number of hydrogen-bond donors (Lipinski definition) is 0. The van der Waals surface area contributed by atoms with Crippen LogP contribution in [0.2, 0.25) is 0 Å². The Hall–Kier alpha value is -3.64. The normalized spacial score (nSPS) is 20.0. The minimum Gasteiger partial charge on any atom is -0.493 e. The Bertz CT molecular complexity index is 1540. The molecule has 3 nitrogen and oxygen atoms in total. The minimum atomic E-state index is -5.50. The first-order valence-corrected chi connectivity index (χ1v) is 15.4. The van der Waals surface area contributed by atoms with Crippen LogP contribution in [0.5, 0.6) is 17.2 Å². The van der Waals surface area contributed by atoms with Crippen molar-refractivity contribution in [3.05, 3.63) is 76.6 Å². The van der Waals surface area contributed by atoms with Crippen molar-refractivity contribution in [2.45, 2.75) is 77.2 Å². The average Bonchev–Trinajstić information content (AvgIpc) is 2.97. The molecule has 2 aliphatic rings. The third-order valence-corrected chi connectivity index (χ3v) is 8.94. The molecule has 0 unspecified atom stereocenters. The Kier molecular flexibility index (Phi) is 10.2. The van der Waals surface area contributed by atoms with Gasteiger partial charge in [0, 0.05) is 17.7 Å². The molecule has 0 saturated heterocycles. The molecule has 3 aromatic carbocycles. The van der Waals surface area contributed by atoms with Gasteiger partial charge in [-0.25, -0.2) is 22.0 Å². The van der Waals surface area contributed by atoms with Gasteiger partial charge in [0.15, 0.2) is 11.6 Å². The van der Waals surface area contributed by atoms with Crippen LogP contribution in [0.15, 0.2) is 36.4 Å². The first-order chi connectivity index (χ1) is 22.1. The molecule has 3 aromatic rings. The van der Waals surface area contributed by atoms with Gasteiger partial charge in [0.1, 0.15) is 34.5 Å². The zero-order valence-corrected chi connectivity index (χ0v) is 25.3. The predicted octanol–water partition coefficient (Wildman–Crippen LogP) is 11.0. The van der Waals surface area contributed by atoms with Gasteiger partial charge in [0.05, 0.1) is 6.61 Å². The summed E-state index contributed by atoms with van der Waals surface area (Å²) < 4.78 is 153. The molecule has 1 atom stereocenters. The van der Waals surface area contributed by atoms with Gasteiger partial charge >= 0.3 is 12.5 Å². The summed E-state index contributed by atoms with van der Waals surface area (Å²) in [4.78, 5) is 0. The molecule has 0 N–H and O–H groups in total. The SMILES string of the molecule is CCCCCC1CCC([C@@H]2COc3cc(-c4cc(F)c(C(F)(F)Oc5cc(F)c(OC(F)(F)F)c(F)c5)c(F)c4)c(F)cc3C2)CC1. The molecular weight excluding hydrogens is 646 g/mol. The number of benzene rings is 3. The first-order valence-electron chi connectivity index (χ1n) is 15.4. The zero-order valence-electron chi connectivity index (χ0n) is 25.3. The summed E-state index contributed by atoms with van der Waals surface area (Å²) in [5.74, 6) is -10.4. The molecule has 1 fully saturated rings. The second-order valence-electron chi connectivity index (χ2n) is 12.2. The van der Waals surface area contributed by atoms with Crippen molar-refractivity contribution in [1.82, 2.24) is 0 Å². The zero-order chi connectivity index (χ0) is 34.1. The maximum absolute atomic E-state index is 15.3. The number of alkyl halides is 5. The van der Waals surface area contributed by atoms with E-state index < -0.39 is 64.2 Å². The van der Waals surface area contributed by atoms with Crippen LogP contribution in [0.3, 0.4) is 0 Å². The van der Waals surface area contributed by atoms with Gasteiger partial charge in [-0.05, 0) is 72.4 Å². The van der Waals surface area contributed by atoms with E-state index in [0.717, 1.165) is 31.6 Å². The number of rotatable bonds is 10. The van der Waals surface area contributed by atoms with Crippen molar-refractivity contribution in [3.63, 3.8) is 0 Å². The van der Waals surface area contributed by atoms with E-state index in [1.54, 1.807) is 0 Å². The van der Waals surface area contributed by atoms with Gasteiger partial charge in [-0.2, -0.15) is 8.78 Å².